The summed E-state index contributed by atoms with van der Waals surface area (Å²) in [6, 6.07) is 0. The molecule has 0 aromatic carbocycles. The van der Waals surface area contributed by atoms with Gasteiger partial charge in [-0.3, -0.25) is 0 Å². The molecule has 2 aromatic heterocycles. The summed E-state index contributed by atoms with van der Waals surface area (Å²) in [5.74, 6) is 0.830. The van der Waals surface area contributed by atoms with Crippen LogP contribution >= 0.6 is 22.7 Å². The van der Waals surface area contributed by atoms with E-state index in [1.807, 2.05) is 31.8 Å². The Morgan fingerprint density at radius 2 is 1.50 bits per heavy atom. The van der Waals surface area contributed by atoms with Gasteiger partial charge in [0, 0.05) is 15.7 Å². The Morgan fingerprint density at radius 1 is 0.944 bits per heavy atom. The van der Waals surface area contributed by atoms with Crippen LogP contribution in [0.3, 0.4) is 0 Å². The van der Waals surface area contributed by atoms with Crippen LogP contribution in [0, 0.1) is 20.8 Å². The fraction of sp³-hybridized carbons (Fsp3) is 0.571. The second-order valence-corrected chi connectivity index (χ2v) is 6.18. The highest BCUT2D eigenvalue weighted by molar-refractivity contribution is 7.09. The molecule has 18 heavy (non-hydrogen) atoms. The van der Waals surface area contributed by atoms with Gasteiger partial charge in [0.25, 0.3) is 0 Å². The SMILES string of the molecule is CC.Cc1ncsc1C.Cc1scnc1C1CC1. The summed E-state index contributed by atoms with van der Waals surface area (Å²) in [7, 11) is 0. The van der Waals surface area contributed by atoms with Crippen LogP contribution in [0.5, 0.6) is 0 Å². The van der Waals surface area contributed by atoms with Crippen LogP contribution in [-0.4, -0.2) is 9.97 Å². The Labute approximate surface area is 118 Å². The Balaban J connectivity index is 0.000000163. The number of aromatic nitrogens is 2. The van der Waals surface area contributed by atoms with Crippen molar-refractivity contribution in [2.45, 2.75) is 53.4 Å². The molecule has 0 atom stereocenters. The lowest BCUT2D eigenvalue weighted by Gasteiger charge is -1.88. The first-order valence-corrected chi connectivity index (χ1v) is 8.21. The van der Waals surface area contributed by atoms with Gasteiger partial charge in [-0.25, -0.2) is 9.97 Å². The molecule has 2 aromatic rings. The van der Waals surface area contributed by atoms with Gasteiger partial charge in [0.2, 0.25) is 0 Å². The highest BCUT2D eigenvalue weighted by Gasteiger charge is 2.26. The van der Waals surface area contributed by atoms with E-state index in [2.05, 4.69) is 23.8 Å². The third-order valence-electron chi connectivity index (χ3n) is 2.73. The zero-order chi connectivity index (χ0) is 13.5. The van der Waals surface area contributed by atoms with Crippen LogP contribution < -0.4 is 0 Å². The van der Waals surface area contributed by atoms with Gasteiger partial charge in [-0.15, -0.1) is 22.7 Å². The maximum absolute atomic E-state index is 4.30. The van der Waals surface area contributed by atoms with Gasteiger partial charge in [-0.1, -0.05) is 13.8 Å². The first-order chi connectivity index (χ1) is 8.68. The maximum Gasteiger partial charge on any atom is 0.0797 e. The topological polar surface area (TPSA) is 25.8 Å². The first kappa shape index (κ1) is 15.3. The molecule has 4 heteroatoms. The summed E-state index contributed by atoms with van der Waals surface area (Å²) >= 11 is 3.45. The number of thiazole rings is 2. The average molecular weight is 282 g/mol. The molecule has 100 valence electrons. The summed E-state index contributed by atoms with van der Waals surface area (Å²) in [6.07, 6.45) is 2.73. The molecular formula is C14H22N2S2. The van der Waals surface area contributed by atoms with Crippen molar-refractivity contribution in [3.8, 4) is 0 Å². The molecule has 1 fully saturated rings. The second-order valence-electron chi connectivity index (χ2n) is 4.06. The predicted octanol–water partition coefficient (Wildman–Crippen LogP) is 5.12. The molecule has 1 saturated carbocycles. The molecule has 3 rings (SSSR count). The van der Waals surface area contributed by atoms with Crippen molar-refractivity contribution in [1.82, 2.24) is 9.97 Å². The lowest BCUT2D eigenvalue weighted by molar-refractivity contribution is 1.03. The highest BCUT2D eigenvalue weighted by Crippen LogP contribution is 2.41. The van der Waals surface area contributed by atoms with Crippen molar-refractivity contribution in [3.63, 3.8) is 0 Å². The van der Waals surface area contributed by atoms with Gasteiger partial charge in [0.05, 0.1) is 22.4 Å². The number of nitrogens with zero attached hydrogens (tertiary/aromatic N) is 2. The highest BCUT2D eigenvalue weighted by atomic mass is 32.1. The van der Waals surface area contributed by atoms with E-state index in [1.165, 1.54) is 28.3 Å². The summed E-state index contributed by atoms with van der Waals surface area (Å²) in [5, 5.41) is 0. The normalized spacial score (nSPS) is 13.2. The molecule has 0 N–H and O–H groups in total. The molecule has 0 saturated heterocycles. The van der Waals surface area contributed by atoms with Crippen LogP contribution in [-0.2, 0) is 0 Å². The minimum absolute atomic E-state index is 0.830. The van der Waals surface area contributed by atoms with Crippen molar-refractivity contribution < 1.29 is 0 Å². The minimum atomic E-state index is 0.830. The van der Waals surface area contributed by atoms with Crippen LogP contribution in [0.4, 0.5) is 0 Å². The second kappa shape index (κ2) is 7.64. The smallest absolute Gasteiger partial charge is 0.0797 e. The Morgan fingerprint density at radius 3 is 1.78 bits per heavy atom. The van der Waals surface area contributed by atoms with Gasteiger partial charge >= 0.3 is 0 Å². The molecule has 0 aliphatic heterocycles. The van der Waals surface area contributed by atoms with Gasteiger partial charge in [0.1, 0.15) is 0 Å². The van der Waals surface area contributed by atoms with E-state index in [0.29, 0.717) is 0 Å². The zero-order valence-electron chi connectivity index (χ0n) is 11.9. The van der Waals surface area contributed by atoms with E-state index in [0.717, 1.165) is 11.6 Å². The first-order valence-electron chi connectivity index (χ1n) is 6.45. The third kappa shape index (κ3) is 4.50. The Kier molecular flexibility index (Phi) is 6.50. The van der Waals surface area contributed by atoms with E-state index in [9.17, 15) is 0 Å². The molecule has 1 aliphatic carbocycles. The molecule has 2 heterocycles. The van der Waals surface area contributed by atoms with Crippen molar-refractivity contribution in [2.24, 2.45) is 0 Å². The molecule has 0 unspecified atom stereocenters. The molecule has 2 nitrogen and oxygen atoms in total. The Hall–Kier alpha value is -0.740. The average Bonchev–Trinajstić information content (AvgIpc) is 3.04. The Bertz CT molecular complexity index is 439. The molecule has 1 aliphatic rings. The van der Waals surface area contributed by atoms with Crippen LogP contribution in [0.2, 0.25) is 0 Å². The molecule has 0 radical (unpaired) electrons. The largest absolute Gasteiger partial charge is 0.250 e. The monoisotopic (exact) mass is 282 g/mol. The standard InChI is InChI=1S/C7H9NS.C5H7NS.C2H6/c1-5-7(6-2-3-6)8-4-9-5;1-4-5(2)7-3-6-4;1-2/h4,6H,2-3H2,1H3;3H,1-2H3;1-2H3. The van der Waals surface area contributed by atoms with Crippen LogP contribution in [0.15, 0.2) is 11.0 Å². The summed E-state index contributed by atoms with van der Waals surface area (Å²) in [4.78, 5) is 11.1. The summed E-state index contributed by atoms with van der Waals surface area (Å²) < 4.78 is 0. The van der Waals surface area contributed by atoms with Crippen LogP contribution in [0.25, 0.3) is 0 Å². The molecule has 0 amide bonds. The lowest BCUT2D eigenvalue weighted by atomic mass is 10.3. The lowest BCUT2D eigenvalue weighted by Crippen LogP contribution is -1.79. The van der Waals surface area contributed by atoms with Gasteiger partial charge in [0.15, 0.2) is 0 Å². The molecule has 0 bridgehead atoms. The van der Waals surface area contributed by atoms with Crippen molar-refractivity contribution in [2.75, 3.05) is 0 Å². The van der Waals surface area contributed by atoms with Crippen molar-refractivity contribution >= 4 is 22.7 Å². The van der Waals surface area contributed by atoms with Crippen LogP contribution in [0.1, 0.15) is 53.7 Å². The number of aryl methyl sites for hydroxylation is 3. The molecule has 0 spiro atoms. The summed E-state index contributed by atoms with van der Waals surface area (Å²) in [5.41, 5.74) is 6.33. The fourth-order valence-corrected chi connectivity index (χ4v) is 2.68. The predicted molar refractivity (Wildman–Crippen MR) is 81.8 cm³/mol. The quantitative estimate of drug-likeness (QED) is 0.726. The third-order valence-corrected chi connectivity index (χ3v) is 4.36. The van der Waals surface area contributed by atoms with E-state index in [-0.39, 0.29) is 0 Å². The fourth-order valence-electron chi connectivity index (χ4n) is 1.42. The van der Waals surface area contributed by atoms with Crippen molar-refractivity contribution in [1.29, 1.82) is 0 Å². The van der Waals surface area contributed by atoms with E-state index < -0.39 is 0 Å². The number of hydrogen-bond donors (Lipinski definition) is 0. The van der Waals surface area contributed by atoms with Gasteiger partial charge in [-0.05, 0) is 33.6 Å². The number of rotatable bonds is 1. The van der Waals surface area contributed by atoms with E-state index >= 15 is 0 Å². The minimum Gasteiger partial charge on any atom is -0.250 e. The molecular weight excluding hydrogens is 260 g/mol. The van der Waals surface area contributed by atoms with E-state index in [1.54, 1.807) is 22.7 Å². The van der Waals surface area contributed by atoms with Crippen molar-refractivity contribution in [3.05, 3.63) is 32.2 Å². The summed E-state index contributed by atoms with van der Waals surface area (Å²) in [6.45, 7) is 10.3. The van der Waals surface area contributed by atoms with Gasteiger partial charge in [-0.2, -0.15) is 0 Å². The van der Waals surface area contributed by atoms with E-state index in [4.69, 9.17) is 0 Å². The van der Waals surface area contributed by atoms with Gasteiger partial charge < -0.3 is 0 Å². The number of hydrogen-bond acceptors (Lipinski definition) is 4. The zero-order valence-corrected chi connectivity index (χ0v) is 13.5. The maximum atomic E-state index is 4.30.